The van der Waals surface area contributed by atoms with Gasteiger partial charge in [-0.2, -0.15) is 0 Å². The minimum Gasteiger partial charge on any atom is -0.355 e. The van der Waals surface area contributed by atoms with Gasteiger partial charge in [0.15, 0.2) is 0 Å². The maximum atomic E-state index is 3.56. The van der Waals surface area contributed by atoms with Gasteiger partial charge in [-0.25, -0.2) is 0 Å². The van der Waals surface area contributed by atoms with Crippen LogP contribution >= 0.6 is 0 Å². The summed E-state index contributed by atoms with van der Waals surface area (Å²) >= 11 is 0. The second kappa shape index (κ2) is 7.65. The van der Waals surface area contributed by atoms with Gasteiger partial charge in [-0.1, -0.05) is 97.1 Å². The number of fused-ring (bicyclic) bond motifs is 1. The van der Waals surface area contributed by atoms with E-state index in [1.54, 1.807) is 0 Å². The molecule has 5 aromatic carbocycles. The summed E-state index contributed by atoms with van der Waals surface area (Å²) in [5, 5.41) is 6.04. The Morgan fingerprint density at radius 1 is 0.414 bits per heavy atom. The van der Waals surface area contributed by atoms with Gasteiger partial charge in [0.1, 0.15) is 0 Å². The van der Waals surface area contributed by atoms with Crippen molar-refractivity contribution in [1.29, 1.82) is 0 Å². The molecule has 1 N–H and O–H groups in total. The van der Waals surface area contributed by atoms with E-state index in [1.165, 1.54) is 33.0 Å². The molecule has 0 saturated heterocycles. The molecule has 0 saturated carbocycles. The van der Waals surface area contributed by atoms with Crippen LogP contribution in [0.2, 0.25) is 0 Å². The molecule has 0 spiro atoms. The molecule has 0 fully saturated rings. The van der Waals surface area contributed by atoms with Gasteiger partial charge in [-0.05, 0) is 51.9 Å². The molecule has 0 amide bonds. The standard InChI is InChI=1S/C28H21N/c1-2-8-21(9-3-1)24-12-6-13-25(20-24)22-16-18-26(19-17-22)29-28-15-7-11-23-10-4-5-14-27(23)28/h1-20,29H. The molecule has 138 valence electrons. The van der Waals surface area contributed by atoms with Crippen LogP contribution in [0.1, 0.15) is 0 Å². The van der Waals surface area contributed by atoms with E-state index in [0.29, 0.717) is 0 Å². The van der Waals surface area contributed by atoms with Crippen molar-refractivity contribution >= 4 is 22.1 Å². The van der Waals surface area contributed by atoms with Crippen LogP contribution in [0.4, 0.5) is 11.4 Å². The molecule has 0 unspecified atom stereocenters. The summed E-state index contributed by atoms with van der Waals surface area (Å²) in [5.74, 6) is 0. The molecular weight excluding hydrogens is 350 g/mol. The lowest BCUT2D eigenvalue weighted by Gasteiger charge is -2.11. The smallest absolute Gasteiger partial charge is 0.0463 e. The van der Waals surface area contributed by atoms with Crippen LogP contribution in [0.3, 0.4) is 0 Å². The third-order valence-corrected chi connectivity index (χ3v) is 5.26. The third kappa shape index (κ3) is 3.63. The van der Waals surface area contributed by atoms with Crippen LogP contribution in [0.15, 0.2) is 121 Å². The largest absolute Gasteiger partial charge is 0.355 e. The molecule has 0 heterocycles. The summed E-state index contributed by atoms with van der Waals surface area (Å²) in [5.41, 5.74) is 7.13. The van der Waals surface area contributed by atoms with Crippen molar-refractivity contribution in [2.75, 3.05) is 5.32 Å². The molecule has 0 radical (unpaired) electrons. The second-order valence-corrected chi connectivity index (χ2v) is 7.18. The number of benzene rings is 5. The van der Waals surface area contributed by atoms with Crippen LogP contribution < -0.4 is 5.32 Å². The quantitative estimate of drug-likeness (QED) is 0.338. The maximum Gasteiger partial charge on any atom is 0.0463 e. The summed E-state index contributed by atoms with van der Waals surface area (Å²) in [6, 6.07) is 42.7. The number of rotatable bonds is 4. The molecule has 1 heteroatoms. The zero-order chi connectivity index (χ0) is 19.5. The van der Waals surface area contributed by atoms with Crippen LogP contribution in [-0.2, 0) is 0 Å². The van der Waals surface area contributed by atoms with Crippen molar-refractivity contribution in [1.82, 2.24) is 0 Å². The topological polar surface area (TPSA) is 12.0 Å². The Morgan fingerprint density at radius 3 is 1.79 bits per heavy atom. The van der Waals surface area contributed by atoms with Crippen LogP contribution in [0.5, 0.6) is 0 Å². The Hall–Kier alpha value is -3.84. The normalized spacial score (nSPS) is 10.8. The third-order valence-electron chi connectivity index (χ3n) is 5.26. The second-order valence-electron chi connectivity index (χ2n) is 7.18. The van der Waals surface area contributed by atoms with E-state index < -0.39 is 0 Å². The Balaban J connectivity index is 1.42. The highest BCUT2D eigenvalue weighted by atomic mass is 14.9. The summed E-state index contributed by atoms with van der Waals surface area (Å²) in [6.45, 7) is 0. The van der Waals surface area contributed by atoms with E-state index >= 15 is 0 Å². The van der Waals surface area contributed by atoms with Gasteiger partial charge >= 0.3 is 0 Å². The SMILES string of the molecule is c1ccc(-c2cccc(-c3ccc(Nc4cccc5ccccc45)cc3)c2)cc1. The fraction of sp³-hybridized carbons (Fsp3) is 0. The number of nitrogens with one attached hydrogen (secondary N) is 1. The van der Waals surface area contributed by atoms with Gasteiger partial charge in [0.25, 0.3) is 0 Å². The number of hydrogen-bond acceptors (Lipinski definition) is 1. The van der Waals surface area contributed by atoms with Crippen molar-refractivity contribution in [3.8, 4) is 22.3 Å². The zero-order valence-corrected chi connectivity index (χ0v) is 16.0. The molecule has 0 atom stereocenters. The number of hydrogen-bond donors (Lipinski definition) is 1. The highest BCUT2D eigenvalue weighted by Gasteiger charge is 2.04. The van der Waals surface area contributed by atoms with E-state index in [4.69, 9.17) is 0 Å². The van der Waals surface area contributed by atoms with Gasteiger partial charge in [0.2, 0.25) is 0 Å². The minimum absolute atomic E-state index is 1.09. The molecule has 0 aliphatic heterocycles. The molecule has 29 heavy (non-hydrogen) atoms. The minimum atomic E-state index is 1.09. The van der Waals surface area contributed by atoms with E-state index in [-0.39, 0.29) is 0 Å². The molecule has 5 rings (SSSR count). The Labute approximate surface area is 171 Å². The van der Waals surface area contributed by atoms with Crippen LogP contribution in [-0.4, -0.2) is 0 Å². The molecule has 0 aromatic heterocycles. The molecule has 5 aromatic rings. The Bertz CT molecular complexity index is 1250. The Kier molecular flexibility index (Phi) is 4.56. The lowest BCUT2D eigenvalue weighted by molar-refractivity contribution is 1.55. The van der Waals surface area contributed by atoms with E-state index in [2.05, 4.69) is 127 Å². The highest BCUT2D eigenvalue weighted by molar-refractivity contribution is 5.95. The lowest BCUT2D eigenvalue weighted by atomic mass is 9.99. The maximum absolute atomic E-state index is 3.56. The molecule has 0 aliphatic carbocycles. The first-order chi connectivity index (χ1) is 14.4. The fourth-order valence-corrected chi connectivity index (χ4v) is 3.74. The van der Waals surface area contributed by atoms with Gasteiger partial charge < -0.3 is 5.32 Å². The predicted molar refractivity (Wildman–Crippen MR) is 125 cm³/mol. The summed E-state index contributed by atoms with van der Waals surface area (Å²) in [4.78, 5) is 0. The van der Waals surface area contributed by atoms with Gasteiger partial charge in [-0.15, -0.1) is 0 Å². The fourth-order valence-electron chi connectivity index (χ4n) is 3.74. The monoisotopic (exact) mass is 371 g/mol. The molecular formula is C28H21N. The first-order valence-electron chi connectivity index (χ1n) is 9.87. The first-order valence-corrected chi connectivity index (χ1v) is 9.87. The van der Waals surface area contributed by atoms with Crippen molar-refractivity contribution < 1.29 is 0 Å². The molecule has 0 aliphatic rings. The number of anilines is 2. The van der Waals surface area contributed by atoms with Crippen molar-refractivity contribution in [3.63, 3.8) is 0 Å². The summed E-state index contributed by atoms with van der Waals surface area (Å²) in [7, 11) is 0. The van der Waals surface area contributed by atoms with Crippen molar-refractivity contribution in [2.45, 2.75) is 0 Å². The zero-order valence-electron chi connectivity index (χ0n) is 16.0. The van der Waals surface area contributed by atoms with E-state index in [1.807, 2.05) is 0 Å². The van der Waals surface area contributed by atoms with E-state index in [9.17, 15) is 0 Å². The van der Waals surface area contributed by atoms with Crippen LogP contribution in [0.25, 0.3) is 33.0 Å². The first kappa shape index (κ1) is 17.3. The van der Waals surface area contributed by atoms with Crippen molar-refractivity contribution in [2.24, 2.45) is 0 Å². The highest BCUT2D eigenvalue weighted by Crippen LogP contribution is 2.29. The van der Waals surface area contributed by atoms with Crippen LogP contribution in [0, 0.1) is 0 Å². The average Bonchev–Trinajstić information content (AvgIpc) is 2.81. The average molecular weight is 371 g/mol. The van der Waals surface area contributed by atoms with Gasteiger partial charge in [0, 0.05) is 16.8 Å². The summed E-state index contributed by atoms with van der Waals surface area (Å²) < 4.78 is 0. The Morgan fingerprint density at radius 2 is 1.00 bits per heavy atom. The molecule has 1 nitrogen and oxygen atoms in total. The van der Waals surface area contributed by atoms with Gasteiger partial charge in [0.05, 0.1) is 0 Å². The van der Waals surface area contributed by atoms with E-state index in [0.717, 1.165) is 11.4 Å². The van der Waals surface area contributed by atoms with Crippen molar-refractivity contribution in [3.05, 3.63) is 121 Å². The predicted octanol–water partition coefficient (Wildman–Crippen LogP) is 7.92. The molecule has 0 bridgehead atoms. The van der Waals surface area contributed by atoms with Gasteiger partial charge in [-0.3, -0.25) is 0 Å². The summed E-state index contributed by atoms with van der Waals surface area (Å²) in [6.07, 6.45) is 0. The lowest BCUT2D eigenvalue weighted by Crippen LogP contribution is -1.91.